The molecule has 0 amide bonds. The summed E-state index contributed by atoms with van der Waals surface area (Å²) in [6.07, 6.45) is -2.35. The van der Waals surface area contributed by atoms with E-state index < -0.39 is 24.0 Å². The highest BCUT2D eigenvalue weighted by molar-refractivity contribution is 14.1. The van der Waals surface area contributed by atoms with Crippen LogP contribution >= 0.6 is 45.2 Å². The second-order valence-corrected chi connectivity index (χ2v) is 7.22. The van der Waals surface area contributed by atoms with E-state index in [0.717, 1.165) is 0 Å². The van der Waals surface area contributed by atoms with Crippen LogP contribution in [0.2, 0.25) is 0 Å². The zero-order valence-corrected chi connectivity index (χ0v) is 16.5. The van der Waals surface area contributed by atoms with Crippen molar-refractivity contribution in [2.24, 2.45) is 0 Å². The average molecular weight is 573 g/mol. The normalized spacial score (nSPS) is 12.5. The fourth-order valence-corrected chi connectivity index (χ4v) is 4.18. The highest BCUT2D eigenvalue weighted by Gasteiger charge is 2.45. The number of phenolic OH excluding ortho intramolecular Hbond substituents is 1. The first-order chi connectivity index (χ1) is 11.6. The van der Waals surface area contributed by atoms with Gasteiger partial charge >= 0.3 is 11.9 Å². The summed E-state index contributed by atoms with van der Waals surface area (Å²) in [5.74, 6) is -8.32. The minimum Gasteiger partial charge on any atom is -0.544 e. The molecule has 132 valence electrons. The predicted molar refractivity (Wildman–Crippen MR) is 98.1 cm³/mol. The van der Waals surface area contributed by atoms with Crippen molar-refractivity contribution in [2.75, 3.05) is 0 Å². The molecule has 5 nitrogen and oxygen atoms in total. The minimum atomic E-state index is -4.43. The third kappa shape index (κ3) is 4.37. The number of hydrogen-bond acceptors (Lipinski definition) is 5. The summed E-state index contributed by atoms with van der Waals surface area (Å²) in [5.41, 5.74) is -0.233. The Morgan fingerprint density at radius 3 is 2.12 bits per heavy atom. The number of carboxylic acids is 1. The molecule has 0 radical (unpaired) electrons. The molecule has 0 aliphatic heterocycles. The number of esters is 1. The molecular weight excluding hydrogens is 564 g/mol. The number of hydrogen-bond donors (Lipinski definition) is 1. The molecule has 0 heterocycles. The third-order valence-electron chi connectivity index (χ3n) is 3.16. The first-order valence-electron chi connectivity index (χ1n) is 6.67. The fourth-order valence-electron chi connectivity index (χ4n) is 2.01. The van der Waals surface area contributed by atoms with Gasteiger partial charge in [0.05, 0.1) is 5.56 Å². The van der Waals surface area contributed by atoms with Crippen molar-refractivity contribution in [3.8, 4) is 5.75 Å². The SMILES string of the molecule is O=C(OC(c1ccccc1)C(F)(F)C(=O)[O-])c1c(I)cc(O)cc1I. The molecule has 0 bridgehead atoms. The van der Waals surface area contributed by atoms with E-state index in [9.17, 15) is 28.6 Å². The molecule has 0 saturated carbocycles. The Morgan fingerprint density at radius 2 is 1.64 bits per heavy atom. The summed E-state index contributed by atoms with van der Waals surface area (Å²) in [6, 6.07) is 9.33. The van der Waals surface area contributed by atoms with Crippen LogP contribution < -0.4 is 5.11 Å². The largest absolute Gasteiger partial charge is 0.544 e. The lowest BCUT2D eigenvalue weighted by Crippen LogP contribution is -2.47. The summed E-state index contributed by atoms with van der Waals surface area (Å²) in [6.45, 7) is 0. The summed E-state index contributed by atoms with van der Waals surface area (Å²) < 4.78 is 33.5. The second kappa shape index (κ2) is 7.81. The zero-order valence-electron chi connectivity index (χ0n) is 12.2. The lowest BCUT2D eigenvalue weighted by molar-refractivity contribution is -0.336. The number of carbonyl (C=O) groups excluding carboxylic acids is 2. The number of carboxylic acid groups (broad SMARTS) is 1. The molecule has 9 heteroatoms. The molecule has 1 unspecified atom stereocenters. The molecule has 25 heavy (non-hydrogen) atoms. The number of ether oxygens (including phenoxy) is 1. The van der Waals surface area contributed by atoms with Gasteiger partial charge in [0.15, 0.2) is 6.10 Å². The Balaban J connectivity index is 2.44. The Hall–Kier alpha value is -1.50. The first kappa shape index (κ1) is 19.8. The Labute approximate surface area is 168 Å². The molecule has 1 N–H and O–H groups in total. The molecule has 0 aliphatic rings. The van der Waals surface area contributed by atoms with Gasteiger partial charge < -0.3 is 19.7 Å². The number of phenols is 1. The van der Waals surface area contributed by atoms with Gasteiger partial charge in [-0.15, -0.1) is 0 Å². The van der Waals surface area contributed by atoms with Crippen molar-refractivity contribution in [3.05, 3.63) is 60.7 Å². The van der Waals surface area contributed by atoms with E-state index in [1.807, 2.05) is 0 Å². The third-order valence-corrected chi connectivity index (χ3v) is 4.86. The molecule has 1 atom stereocenters. The van der Waals surface area contributed by atoms with E-state index >= 15 is 0 Å². The standard InChI is InChI=1S/C16H10F2I2O5/c17-16(18,15(23)24)13(8-4-2-1-3-5-8)25-14(22)12-10(19)6-9(21)7-11(12)20/h1-7,13,21H,(H,23,24)/p-1. The van der Waals surface area contributed by atoms with Crippen LogP contribution in [0.1, 0.15) is 22.0 Å². The van der Waals surface area contributed by atoms with E-state index in [2.05, 4.69) is 0 Å². The Bertz CT molecular complexity index is 788. The number of alkyl halides is 2. The van der Waals surface area contributed by atoms with E-state index in [0.29, 0.717) is 0 Å². The van der Waals surface area contributed by atoms with Crippen molar-refractivity contribution in [2.45, 2.75) is 12.0 Å². The van der Waals surface area contributed by atoms with Crippen molar-refractivity contribution < 1.29 is 33.3 Å². The quantitative estimate of drug-likeness (QED) is 0.440. The number of aromatic hydroxyl groups is 1. The van der Waals surface area contributed by atoms with Crippen LogP contribution in [0.25, 0.3) is 0 Å². The Kier molecular flexibility index (Phi) is 6.19. The lowest BCUT2D eigenvalue weighted by Gasteiger charge is -2.28. The van der Waals surface area contributed by atoms with Crippen LogP contribution in [0, 0.1) is 7.14 Å². The summed E-state index contributed by atoms with van der Waals surface area (Å²) in [5, 5.41) is 20.3. The average Bonchev–Trinajstić information content (AvgIpc) is 2.52. The second-order valence-electron chi connectivity index (χ2n) is 4.89. The van der Waals surface area contributed by atoms with Crippen LogP contribution in [0.3, 0.4) is 0 Å². The van der Waals surface area contributed by atoms with Crippen LogP contribution in [0.15, 0.2) is 42.5 Å². The molecular formula is C16H9F2I2O5-. The Morgan fingerprint density at radius 1 is 1.12 bits per heavy atom. The maximum Gasteiger partial charge on any atom is 0.341 e. The maximum atomic E-state index is 14.1. The van der Waals surface area contributed by atoms with Gasteiger partial charge in [-0.1, -0.05) is 30.3 Å². The van der Waals surface area contributed by atoms with Gasteiger partial charge in [-0.25, -0.2) is 4.79 Å². The highest BCUT2D eigenvalue weighted by Crippen LogP contribution is 2.36. The monoisotopic (exact) mass is 573 g/mol. The van der Waals surface area contributed by atoms with Gasteiger partial charge in [0.25, 0.3) is 0 Å². The number of rotatable bonds is 5. The van der Waals surface area contributed by atoms with Gasteiger partial charge in [-0.3, -0.25) is 0 Å². The summed E-state index contributed by atoms with van der Waals surface area (Å²) in [7, 11) is 0. The summed E-state index contributed by atoms with van der Waals surface area (Å²) in [4.78, 5) is 23.2. The smallest absolute Gasteiger partial charge is 0.341 e. The van der Waals surface area contributed by atoms with Gasteiger partial charge in [-0.2, -0.15) is 8.78 Å². The van der Waals surface area contributed by atoms with Crippen molar-refractivity contribution >= 4 is 57.1 Å². The van der Waals surface area contributed by atoms with E-state index in [1.54, 1.807) is 51.2 Å². The molecule has 2 aromatic carbocycles. The van der Waals surface area contributed by atoms with Gasteiger partial charge in [-0.05, 0) is 62.9 Å². The van der Waals surface area contributed by atoms with Gasteiger partial charge in [0.2, 0.25) is 0 Å². The fraction of sp³-hybridized carbons (Fsp3) is 0.125. The maximum absolute atomic E-state index is 14.1. The number of benzene rings is 2. The number of carbonyl (C=O) groups is 2. The molecule has 0 aromatic heterocycles. The number of halogens is 4. The minimum absolute atomic E-state index is 0.0471. The number of aliphatic carboxylic acids is 1. The molecule has 2 rings (SSSR count). The van der Waals surface area contributed by atoms with Gasteiger partial charge in [0, 0.05) is 7.14 Å². The van der Waals surface area contributed by atoms with Crippen molar-refractivity contribution in [3.63, 3.8) is 0 Å². The van der Waals surface area contributed by atoms with Crippen molar-refractivity contribution in [1.29, 1.82) is 0 Å². The molecule has 0 fully saturated rings. The first-order valence-corrected chi connectivity index (χ1v) is 8.83. The zero-order chi connectivity index (χ0) is 18.8. The molecule has 0 spiro atoms. The van der Waals surface area contributed by atoms with Gasteiger partial charge in [0.1, 0.15) is 11.7 Å². The van der Waals surface area contributed by atoms with Crippen LogP contribution in [0.5, 0.6) is 5.75 Å². The lowest BCUT2D eigenvalue weighted by atomic mass is 10.0. The van der Waals surface area contributed by atoms with E-state index in [-0.39, 0.29) is 24.0 Å². The van der Waals surface area contributed by atoms with Crippen molar-refractivity contribution in [1.82, 2.24) is 0 Å². The van der Waals surface area contributed by atoms with Crippen LogP contribution in [0.4, 0.5) is 8.78 Å². The molecule has 0 saturated heterocycles. The van der Waals surface area contributed by atoms with E-state index in [4.69, 9.17) is 4.74 Å². The summed E-state index contributed by atoms with van der Waals surface area (Å²) >= 11 is 3.48. The topological polar surface area (TPSA) is 86.7 Å². The van der Waals surface area contributed by atoms with Crippen LogP contribution in [-0.4, -0.2) is 23.0 Å². The highest BCUT2D eigenvalue weighted by atomic mass is 127. The molecule has 2 aromatic rings. The van der Waals surface area contributed by atoms with E-state index in [1.165, 1.54) is 36.4 Å². The predicted octanol–water partition coefficient (Wildman–Crippen LogP) is 2.88. The van der Waals surface area contributed by atoms with Crippen LogP contribution in [-0.2, 0) is 9.53 Å². The molecule has 0 aliphatic carbocycles.